The van der Waals surface area contributed by atoms with E-state index in [4.69, 9.17) is 5.11 Å². The van der Waals surface area contributed by atoms with Crippen LogP contribution in [0.3, 0.4) is 0 Å². The molecule has 0 unspecified atom stereocenters. The molecule has 0 radical (unpaired) electrons. The van der Waals surface area contributed by atoms with Crippen molar-refractivity contribution in [3.8, 4) is 0 Å². The highest BCUT2D eigenvalue weighted by atomic mass is 16.4. The summed E-state index contributed by atoms with van der Waals surface area (Å²) >= 11 is 0. The first-order valence-electron chi connectivity index (χ1n) is 4.65. The number of allylic oxidation sites excluding steroid dienone is 1. The summed E-state index contributed by atoms with van der Waals surface area (Å²) in [4.78, 5) is 22.1. The number of aromatic carboxylic acids is 1. The molecule has 0 bridgehead atoms. The maximum absolute atomic E-state index is 11.4. The number of carboxylic acid groups (broad SMARTS) is 1. The van der Waals surface area contributed by atoms with Gasteiger partial charge in [-0.25, -0.2) is 4.79 Å². The van der Waals surface area contributed by atoms with Gasteiger partial charge in [-0.1, -0.05) is 19.1 Å². The summed E-state index contributed by atoms with van der Waals surface area (Å²) in [6.45, 7) is 6.09. The number of aromatic nitrogens is 1. The van der Waals surface area contributed by atoms with Crippen molar-refractivity contribution in [3.63, 3.8) is 0 Å². The molecule has 0 atom stereocenters. The SMILES string of the molecule is C=C(CC)Cn1cc(C(=O)O)ccc1=O. The second-order valence-corrected chi connectivity index (χ2v) is 3.29. The smallest absolute Gasteiger partial charge is 0.337 e. The molecule has 0 aliphatic heterocycles. The normalized spacial score (nSPS) is 9.93. The van der Waals surface area contributed by atoms with Crippen LogP contribution in [-0.4, -0.2) is 15.6 Å². The highest BCUT2D eigenvalue weighted by Gasteiger charge is 2.05. The molecule has 1 aromatic rings. The molecule has 0 aliphatic rings. The fourth-order valence-electron chi connectivity index (χ4n) is 1.13. The van der Waals surface area contributed by atoms with Gasteiger partial charge in [0.25, 0.3) is 5.56 Å². The van der Waals surface area contributed by atoms with Gasteiger partial charge in [0.15, 0.2) is 0 Å². The molecule has 0 aliphatic carbocycles. The van der Waals surface area contributed by atoms with E-state index in [-0.39, 0.29) is 11.1 Å². The van der Waals surface area contributed by atoms with Crippen LogP contribution in [0.2, 0.25) is 0 Å². The summed E-state index contributed by atoms with van der Waals surface area (Å²) in [6, 6.07) is 2.56. The highest BCUT2D eigenvalue weighted by molar-refractivity contribution is 5.87. The van der Waals surface area contributed by atoms with E-state index >= 15 is 0 Å². The van der Waals surface area contributed by atoms with Gasteiger partial charge in [0.05, 0.1) is 5.56 Å². The minimum atomic E-state index is -1.04. The van der Waals surface area contributed by atoms with Gasteiger partial charge in [0.2, 0.25) is 0 Å². The first-order valence-corrected chi connectivity index (χ1v) is 4.65. The van der Waals surface area contributed by atoms with E-state index in [9.17, 15) is 9.59 Å². The Hall–Kier alpha value is -1.84. The largest absolute Gasteiger partial charge is 0.478 e. The molecule has 0 saturated heterocycles. The van der Waals surface area contributed by atoms with Crippen molar-refractivity contribution in [1.82, 2.24) is 4.57 Å². The van der Waals surface area contributed by atoms with Crippen molar-refractivity contribution in [3.05, 3.63) is 46.4 Å². The van der Waals surface area contributed by atoms with E-state index in [1.807, 2.05) is 6.92 Å². The lowest BCUT2D eigenvalue weighted by Crippen LogP contribution is -2.20. The van der Waals surface area contributed by atoms with Crippen molar-refractivity contribution < 1.29 is 9.90 Å². The summed E-state index contributed by atoms with van der Waals surface area (Å²) in [5.41, 5.74) is 0.785. The number of hydrogen-bond acceptors (Lipinski definition) is 2. The van der Waals surface area contributed by atoms with Gasteiger partial charge >= 0.3 is 5.97 Å². The third-order valence-electron chi connectivity index (χ3n) is 2.12. The number of pyridine rings is 1. The summed E-state index contributed by atoms with van der Waals surface area (Å²) in [6.07, 6.45) is 2.11. The Morgan fingerprint density at radius 3 is 2.73 bits per heavy atom. The molecule has 4 nitrogen and oxygen atoms in total. The zero-order valence-electron chi connectivity index (χ0n) is 8.56. The topological polar surface area (TPSA) is 59.3 Å². The van der Waals surface area contributed by atoms with Gasteiger partial charge < -0.3 is 9.67 Å². The molecule has 4 heteroatoms. The Kier molecular flexibility index (Phi) is 3.44. The van der Waals surface area contributed by atoms with Crippen LogP contribution < -0.4 is 5.56 Å². The molecule has 0 fully saturated rings. The maximum Gasteiger partial charge on any atom is 0.337 e. The third-order valence-corrected chi connectivity index (χ3v) is 2.12. The van der Waals surface area contributed by atoms with Crippen molar-refractivity contribution in [2.45, 2.75) is 19.9 Å². The second-order valence-electron chi connectivity index (χ2n) is 3.29. The molecule has 0 spiro atoms. The van der Waals surface area contributed by atoms with E-state index in [2.05, 4.69) is 6.58 Å². The van der Waals surface area contributed by atoms with Crippen LogP contribution in [0.25, 0.3) is 0 Å². The molecule has 0 aromatic carbocycles. The predicted molar refractivity (Wildman–Crippen MR) is 57.1 cm³/mol. The molecule has 1 rings (SSSR count). The molecular weight excluding hydrogens is 194 g/mol. The van der Waals surface area contributed by atoms with Crippen LogP contribution in [-0.2, 0) is 6.54 Å². The molecule has 15 heavy (non-hydrogen) atoms. The monoisotopic (exact) mass is 207 g/mol. The van der Waals surface area contributed by atoms with Gasteiger partial charge in [-0.05, 0) is 12.5 Å². The minimum absolute atomic E-state index is 0.110. The van der Waals surface area contributed by atoms with E-state index in [0.29, 0.717) is 6.54 Å². The van der Waals surface area contributed by atoms with Gasteiger partial charge in [0, 0.05) is 18.8 Å². The molecule has 0 amide bonds. The molecule has 1 N–H and O–H groups in total. The zero-order valence-corrected chi connectivity index (χ0v) is 8.56. The second kappa shape index (κ2) is 4.59. The summed E-state index contributed by atoms with van der Waals surface area (Å²) < 4.78 is 1.36. The molecular formula is C11H13NO3. The average molecular weight is 207 g/mol. The fourth-order valence-corrected chi connectivity index (χ4v) is 1.13. The summed E-state index contributed by atoms with van der Waals surface area (Å²) in [5, 5.41) is 8.75. The lowest BCUT2D eigenvalue weighted by molar-refractivity contribution is 0.0696. The van der Waals surface area contributed by atoms with Crippen LogP contribution in [0, 0.1) is 0 Å². The number of carboxylic acids is 1. The highest BCUT2D eigenvalue weighted by Crippen LogP contribution is 2.01. The Morgan fingerprint density at radius 2 is 2.20 bits per heavy atom. The first kappa shape index (κ1) is 11.2. The van der Waals surface area contributed by atoms with Gasteiger partial charge in [-0.15, -0.1) is 0 Å². The van der Waals surface area contributed by atoms with E-state index in [1.165, 1.54) is 22.9 Å². The van der Waals surface area contributed by atoms with Crippen LogP contribution in [0.5, 0.6) is 0 Å². The molecule has 1 heterocycles. The zero-order chi connectivity index (χ0) is 11.4. The summed E-state index contributed by atoms with van der Waals surface area (Å²) in [7, 11) is 0. The van der Waals surface area contributed by atoms with Crippen LogP contribution >= 0.6 is 0 Å². The first-order chi connectivity index (χ1) is 7.04. The van der Waals surface area contributed by atoms with E-state index < -0.39 is 5.97 Å². The van der Waals surface area contributed by atoms with Crippen molar-refractivity contribution >= 4 is 5.97 Å². The Balaban J connectivity index is 3.06. The van der Waals surface area contributed by atoms with Crippen molar-refractivity contribution in [2.75, 3.05) is 0 Å². The van der Waals surface area contributed by atoms with Crippen molar-refractivity contribution in [2.24, 2.45) is 0 Å². The van der Waals surface area contributed by atoms with Gasteiger partial charge in [-0.3, -0.25) is 4.79 Å². The standard InChI is InChI=1S/C11H13NO3/c1-3-8(2)6-12-7-9(11(14)15)4-5-10(12)13/h4-5,7H,2-3,6H2,1H3,(H,14,15). The van der Waals surface area contributed by atoms with E-state index in [1.54, 1.807) is 0 Å². The number of hydrogen-bond donors (Lipinski definition) is 1. The average Bonchev–Trinajstić information content (AvgIpc) is 2.20. The predicted octanol–water partition coefficient (Wildman–Crippen LogP) is 1.51. The van der Waals surface area contributed by atoms with Gasteiger partial charge in [0.1, 0.15) is 0 Å². The Labute approximate surface area is 87.5 Å². The summed E-state index contributed by atoms with van der Waals surface area (Å²) in [5.74, 6) is -1.04. The van der Waals surface area contributed by atoms with Crippen LogP contribution in [0.4, 0.5) is 0 Å². The number of nitrogens with zero attached hydrogens (tertiary/aromatic N) is 1. The molecule has 0 saturated carbocycles. The maximum atomic E-state index is 11.4. The molecule has 1 aromatic heterocycles. The lowest BCUT2D eigenvalue weighted by Gasteiger charge is -2.07. The van der Waals surface area contributed by atoms with Crippen molar-refractivity contribution in [1.29, 1.82) is 0 Å². The number of carbonyl (C=O) groups is 1. The van der Waals surface area contributed by atoms with E-state index in [0.717, 1.165) is 12.0 Å². The Bertz CT molecular complexity index is 445. The quantitative estimate of drug-likeness (QED) is 0.761. The minimum Gasteiger partial charge on any atom is -0.478 e. The fraction of sp³-hybridized carbons (Fsp3) is 0.273. The van der Waals surface area contributed by atoms with Gasteiger partial charge in [-0.2, -0.15) is 0 Å². The lowest BCUT2D eigenvalue weighted by atomic mass is 10.2. The Morgan fingerprint density at radius 1 is 1.53 bits per heavy atom. The van der Waals surface area contributed by atoms with Crippen LogP contribution in [0.15, 0.2) is 35.3 Å². The number of rotatable bonds is 4. The third kappa shape index (κ3) is 2.80. The molecule has 80 valence electrons. The van der Waals surface area contributed by atoms with Crippen LogP contribution in [0.1, 0.15) is 23.7 Å².